The maximum absolute atomic E-state index is 10.8. The first kappa shape index (κ1) is 12.8. The van der Waals surface area contributed by atoms with Crippen LogP contribution in [0.5, 0.6) is 0 Å². The number of nitrogens with two attached hydrogens (primary N) is 1. The van der Waals surface area contributed by atoms with E-state index in [2.05, 4.69) is 17.9 Å². The van der Waals surface area contributed by atoms with Gasteiger partial charge in [0.05, 0.1) is 5.75 Å². The van der Waals surface area contributed by atoms with Gasteiger partial charge in [-0.15, -0.1) is 0 Å². The van der Waals surface area contributed by atoms with Crippen molar-refractivity contribution in [1.29, 1.82) is 0 Å². The van der Waals surface area contributed by atoms with Crippen molar-refractivity contribution in [3.8, 4) is 0 Å². The van der Waals surface area contributed by atoms with Crippen molar-refractivity contribution in [3.05, 3.63) is 0 Å². The minimum Gasteiger partial charge on any atom is -0.480 e. The van der Waals surface area contributed by atoms with E-state index in [1.807, 2.05) is 0 Å². The second-order valence-electron chi connectivity index (χ2n) is 2.62. The second kappa shape index (κ2) is 6.25. The van der Waals surface area contributed by atoms with E-state index in [1.165, 1.54) is 0 Å². The number of amides is 2. The van der Waals surface area contributed by atoms with Gasteiger partial charge in [0.1, 0.15) is 6.04 Å². The number of carbonyl (C=O) groups excluding carboxylic acids is 2. The Morgan fingerprint density at radius 1 is 1.43 bits per heavy atom. The van der Waals surface area contributed by atoms with E-state index in [1.54, 1.807) is 0 Å². The van der Waals surface area contributed by atoms with Crippen molar-refractivity contribution in [2.45, 2.75) is 18.9 Å². The van der Waals surface area contributed by atoms with Crippen LogP contribution in [0.2, 0.25) is 0 Å². The average Bonchev–Trinajstić information content (AvgIpc) is 2.10. The highest BCUT2D eigenvalue weighted by molar-refractivity contribution is 7.81. The van der Waals surface area contributed by atoms with Gasteiger partial charge < -0.3 is 16.2 Å². The zero-order valence-corrected chi connectivity index (χ0v) is 8.29. The van der Waals surface area contributed by atoms with Crippen molar-refractivity contribution in [2.75, 3.05) is 5.75 Å². The Labute approximate surface area is 86.3 Å². The molecule has 0 aromatic carbocycles. The summed E-state index contributed by atoms with van der Waals surface area (Å²) in [7, 11) is 0. The van der Waals surface area contributed by atoms with Crippen LogP contribution < -0.4 is 11.1 Å². The Kier molecular flexibility index (Phi) is 5.70. The largest absolute Gasteiger partial charge is 0.480 e. The third-order valence-corrected chi connectivity index (χ3v) is 1.74. The van der Waals surface area contributed by atoms with Crippen LogP contribution in [0, 0.1) is 0 Å². The fourth-order valence-corrected chi connectivity index (χ4v) is 0.875. The molecule has 0 aliphatic heterocycles. The molecule has 14 heavy (non-hydrogen) atoms. The SMILES string of the molecule is NC(=O)CCC(NC(=O)CS)C(=O)O. The number of thiol groups is 1. The van der Waals surface area contributed by atoms with Gasteiger partial charge >= 0.3 is 5.97 Å². The first-order chi connectivity index (χ1) is 6.47. The minimum absolute atomic E-state index is 0.00974. The molecule has 4 N–H and O–H groups in total. The van der Waals surface area contributed by atoms with Gasteiger partial charge in [0.25, 0.3) is 0 Å². The van der Waals surface area contributed by atoms with Gasteiger partial charge in [0.2, 0.25) is 11.8 Å². The van der Waals surface area contributed by atoms with Crippen LogP contribution in [0.25, 0.3) is 0 Å². The number of aliphatic carboxylic acids is 1. The lowest BCUT2D eigenvalue weighted by Gasteiger charge is -2.12. The van der Waals surface area contributed by atoms with Crippen molar-refractivity contribution >= 4 is 30.4 Å². The van der Waals surface area contributed by atoms with Crippen LogP contribution in [-0.4, -0.2) is 34.7 Å². The van der Waals surface area contributed by atoms with Gasteiger partial charge in [0.15, 0.2) is 0 Å². The Bertz CT molecular complexity index is 244. The van der Waals surface area contributed by atoms with Crippen LogP contribution in [0.4, 0.5) is 0 Å². The summed E-state index contributed by atoms with van der Waals surface area (Å²) in [5.74, 6) is -2.39. The second-order valence-corrected chi connectivity index (χ2v) is 2.94. The maximum Gasteiger partial charge on any atom is 0.326 e. The van der Waals surface area contributed by atoms with Crippen molar-refractivity contribution < 1.29 is 19.5 Å². The predicted octanol–water partition coefficient (Wildman–Crippen LogP) is -1.25. The number of nitrogens with one attached hydrogen (secondary N) is 1. The summed E-state index contributed by atoms with van der Waals surface area (Å²) < 4.78 is 0. The van der Waals surface area contributed by atoms with Crippen LogP contribution in [0.15, 0.2) is 0 Å². The van der Waals surface area contributed by atoms with Crippen LogP contribution in [-0.2, 0) is 14.4 Å². The monoisotopic (exact) mass is 220 g/mol. The summed E-state index contributed by atoms with van der Waals surface area (Å²) in [6, 6.07) is -1.08. The molecule has 1 atom stereocenters. The molecule has 80 valence electrons. The Hall–Kier alpha value is -1.24. The van der Waals surface area contributed by atoms with E-state index < -0.39 is 23.8 Å². The zero-order valence-electron chi connectivity index (χ0n) is 7.40. The molecule has 0 bridgehead atoms. The quantitative estimate of drug-likeness (QED) is 0.419. The average molecular weight is 220 g/mol. The molecule has 0 spiro atoms. The topological polar surface area (TPSA) is 109 Å². The molecular weight excluding hydrogens is 208 g/mol. The highest BCUT2D eigenvalue weighted by Gasteiger charge is 2.19. The number of carboxylic acids is 1. The first-order valence-electron chi connectivity index (χ1n) is 3.88. The molecule has 0 aliphatic carbocycles. The number of hydrogen-bond acceptors (Lipinski definition) is 4. The number of carboxylic acid groups (broad SMARTS) is 1. The third-order valence-electron chi connectivity index (χ3n) is 1.46. The first-order valence-corrected chi connectivity index (χ1v) is 4.52. The van der Waals surface area contributed by atoms with Gasteiger partial charge in [-0.1, -0.05) is 0 Å². The Morgan fingerprint density at radius 3 is 2.36 bits per heavy atom. The van der Waals surface area contributed by atoms with Crippen LogP contribution >= 0.6 is 12.6 Å². The van der Waals surface area contributed by atoms with Crippen molar-refractivity contribution in [2.24, 2.45) is 5.73 Å². The molecule has 0 radical (unpaired) electrons. The highest BCUT2D eigenvalue weighted by atomic mass is 32.1. The normalized spacial score (nSPS) is 11.8. The van der Waals surface area contributed by atoms with E-state index in [0.717, 1.165) is 0 Å². The van der Waals surface area contributed by atoms with Gasteiger partial charge in [0, 0.05) is 6.42 Å². The molecule has 0 fully saturated rings. The highest BCUT2D eigenvalue weighted by Crippen LogP contribution is 1.97. The van der Waals surface area contributed by atoms with Crippen LogP contribution in [0.3, 0.4) is 0 Å². The van der Waals surface area contributed by atoms with E-state index in [0.29, 0.717) is 0 Å². The lowest BCUT2D eigenvalue weighted by molar-refractivity contribution is -0.141. The molecule has 0 aliphatic rings. The molecule has 1 unspecified atom stereocenters. The summed E-state index contributed by atoms with van der Waals surface area (Å²) in [6.45, 7) is 0. The fraction of sp³-hybridized carbons (Fsp3) is 0.571. The minimum atomic E-state index is -1.19. The van der Waals surface area contributed by atoms with Gasteiger partial charge in [-0.3, -0.25) is 9.59 Å². The molecule has 0 heterocycles. The van der Waals surface area contributed by atoms with Gasteiger partial charge in [-0.2, -0.15) is 12.6 Å². The van der Waals surface area contributed by atoms with E-state index in [9.17, 15) is 14.4 Å². The summed E-state index contributed by atoms with van der Waals surface area (Å²) >= 11 is 3.67. The van der Waals surface area contributed by atoms with Crippen LogP contribution in [0.1, 0.15) is 12.8 Å². The maximum atomic E-state index is 10.8. The lowest BCUT2D eigenvalue weighted by Crippen LogP contribution is -2.41. The number of rotatable bonds is 6. The number of carbonyl (C=O) groups is 3. The Balaban J connectivity index is 4.09. The summed E-state index contributed by atoms with van der Waals surface area (Å²) in [4.78, 5) is 31.8. The van der Waals surface area contributed by atoms with Crippen molar-refractivity contribution in [3.63, 3.8) is 0 Å². The Morgan fingerprint density at radius 2 is 2.00 bits per heavy atom. The van der Waals surface area contributed by atoms with E-state index in [-0.39, 0.29) is 18.6 Å². The fourth-order valence-electron chi connectivity index (χ4n) is 0.784. The van der Waals surface area contributed by atoms with Gasteiger partial charge in [-0.25, -0.2) is 4.79 Å². The predicted molar refractivity (Wildman–Crippen MR) is 51.8 cm³/mol. The van der Waals surface area contributed by atoms with Gasteiger partial charge in [-0.05, 0) is 6.42 Å². The molecule has 0 saturated carbocycles. The van der Waals surface area contributed by atoms with E-state index >= 15 is 0 Å². The van der Waals surface area contributed by atoms with Crippen molar-refractivity contribution in [1.82, 2.24) is 5.32 Å². The smallest absolute Gasteiger partial charge is 0.326 e. The molecule has 0 rings (SSSR count). The lowest BCUT2D eigenvalue weighted by atomic mass is 10.1. The zero-order chi connectivity index (χ0) is 11.1. The molecule has 0 aromatic heterocycles. The molecule has 0 saturated heterocycles. The summed E-state index contributed by atoms with van der Waals surface area (Å²) in [5, 5.41) is 10.8. The van der Waals surface area contributed by atoms with E-state index in [4.69, 9.17) is 10.8 Å². The molecule has 0 aromatic rings. The number of hydrogen-bond donors (Lipinski definition) is 4. The third kappa shape index (κ3) is 5.41. The molecule has 2 amide bonds. The molecule has 6 nitrogen and oxygen atoms in total. The molecule has 7 heteroatoms. The standard InChI is InChI=1S/C7H12N2O4S/c8-5(10)2-1-4(7(12)13)9-6(11)3-14/h4,14H,1-3H2,(H2,8,10)(H,9,11)(H,12,13). The molecular formula is C7H12N2O4S. The summed E-state index contributed by atoms with van der Waals surface area (Å²) in [6.07, 6.45) is -0.0893. The number of primary amides is 1. The summed E-state index contributed by atoms with van der Waals surface area (Å²) in [5.41, 5.74) is 4.84.